The molecular formula is C9H8Br2. The predicted molar refractivity (Wildman–Crippen MR) is 56.9 cm³/mol. The lowest BCUT2D eigenvalue weighted by Gasteiger charge is -1.98. The molecule has 0 saturated heterocycles. The number of allylic oxidation sites excluding steroid dienone is 1. The highest BCUT2D eigenvalue weighted by molar-refractivity contribution is 9.16. The summed E-state index contributed by atoms with van der Waals surface area (Å²) in [5.74, 6) is 0. The number of benzene rings is 1. The van der Waals surface area contributed by atoms with E-state index in [9.17, 15) is 0 Å². The van der Waals surface area contributed by atoms with Gasteiger partial charge in [0.15, 0.2) is 0 Å². The third-order valence-electron chi connectivity index (χ3n) is 1.33. The summed E-state index contributed by atoms with van der Waals surface area (Å²) in [5, 5.41) is 0. The summed E-state index contributed by atoms with van der Waals surface area (Å²) in [6.45, 7) is 2.01. The molecule has 1 rings (SSSR count). The lowest BCUT2D eigenvalue weighted by Crippen LogP contribution is -1.74. The standard InChI is InChI=1S/C9H8Br2/c1-7(10)9(11)8-5-3-2-4-6-8/h2-6H,1H3/b9-7-. The first-order valence-corrected chi connectivity index (χ1v) is 4.87. The molecule has 0 saturated carbocycles. The van der Waals surface area contributed by atoms with Gasteiger partial charge in [-0.3, -0.25) is 0 Å². The van der Waals surface area contributed by atoms with Gasteiger partial charge in [0.2, 0.25) is 0 Å². The number of halogens is 2. The minimum absolute atomic E-state index is 1.11. The molecule has 0 atom stereocenters. The van der Waals surface area contributed by atoms with E-state index in [1.807, 2.05) is 25.1 Å². The SMILES string of the molecule is C/C(Br)=C(/Br)c1ccccc1. The highest BCUT2D eigenvalue weighted by Crippen LogP contribution is 2.27. The molecule has 0 nitrogen and oxygen atoms in total. The summed E-state index contributed by atoms with van der Waals surface area (Å²) >= 11 is 6.89. The average molecular weight is 276 g/mol. The fourth-order valence-electron chi connectivity index (χ4n) is 0.783. The van der Waals surface area contributed by atoms with E-state index in [1.165, 1.54) is 5.56 Å². The van der Waals surface area contributed by atoms with E-state index in [4.69, 9.17) is 0 Å². The van der Waals surface area contributed by atoms with E-state index in [0.717, 1.165) is 8.96 Å². The molecule has 0 unspecified atom stereocenters. The number of hydrogen-bond donors (Lipinski definition) is 0. The molecule has 1 aromatic carbocycles. The van der Waals surface area contributed by atoms with Crippen molar-refractivity contribution in [1.29, 1.82) is 0 Å². The van der Waals surface area contributed by atoms with E-state index in [-0.39, 0.29) is 0 Å². The molecule has 0 aliphatic rings. The Labute approximate surface area is 83.6 Å². The fourth-order valence-corrected chi connectivity index (χ4v) is 1.28. The highest BCUT2D eigenvalue weighted by Gasteiger charge is 1.97. The molecule has 0 fully saturated rings. The van der Waals surface area contributed by atoms with Crippen LogP contribution in [-0.2, 0) is 0 Å². The molecule has 58 valence electrons. The van der Waals surface area contributed by atoms with Crippen LogP contribution in [0, 0.1) is 0 Å². The summed E-state index contributed by atoms with van der Waals surface area (Å²) < 4.78 is 2.22. The van der Waals surface area contributed by atoms with Crippen molar-refractivity contribution in [3.05, 3.63) is 40.4 Å². The zero-order valence-electron chi connectivity index (χ0n) is 6.14. The van der Waals surface area contributed by atoms with Gasteiger partial charge in [-0.15, -0.1) is 0 Å². The normalized spacial score (nSPS) is 12.6. The highest BCUT2D eigenvalue weighted by atomic mass is 79.9. The molecule has 0 aliphatic carbocycles. The third kappa shape index (κ3) is 2.46. The van der Waals surface area contributed by atoms with Crippen molar-refractivity contribution < 1.29 is 0 Å². The van der Waals surface area contributed by atoms with Crippen LogP contribution in [0.3, 0.4) is 0 Å². The van der Waals surface area contributed by atoms with E-state index in [1.54, 1.807) is 0 Å². The van der Waals surface area contributed by atoms with Crippen LogP contribution in [0.5, 0.6) is 0 Å². The Bertz CT molecular complexity index is 258. The van der Waals surface area contributed by atoms with Crippen molar-refractivity contribution in [3.8, 4) is 0 Å². The Morgan fingerprint density at radius 3 is 2.09 bits per heavy atom. The molecule has 0 aromatic heterocycles. The molecule has 1 aromatic rings. The summed E-state index contributed by atoms with van der Waals surface area (Å²) in [6, 6.07) is 10.2. The molecular weight excluding hydrogens is 268 g/mol. The molecule has 2 heteroatoms. The predicted octanol–water partition coefficient (Wildman–Crippen LogP) is 4.16. The minimum Gasteiger partial charge on any atom is -0.0622 e. The summed E-state index contributed by atoms with van der Waals surface area (Å²) in [4.78, 5) is 0. The zero-order chi connectivity index (χ0) is 8.27. The molecule has 0 radical (unpaired) electrons. The van der Waals surface area contributed by atoms with Crippen LogP contribution in [0.4, 0.5) is 0 Å². The smallest absolute Gasteiger partial charge is 0.0346 e. The summed E-state index contributed by atoms with van der Waals surface area (Å²) in [5.41, 5.74) is 1.20. The largest absolute Gasteiger partial charge is 0.0622 e. The van der Waals surface area contributed by atoms with Crippen LogP contribution in [0.2, 0.25) is 0 Å². The van der Waals surface area contributed by atoms with Gasteiger partial charge < -0.3 is 0 Å². The lowest BCUT2D eigenvalue weighted by molar-refractivity contribution is 1.63. The molecule has 0 N–H and O–H groups in total. The monoisotopic (exact) mass is 274 g/mol. The van der Waals surface area contributed by atoms with Crippen LogP contribution in [0.1, 0.15) is 12.5 Å². The summed E-state index contributed by atoms with van der Waals surface area (Å²) in [6.07, 6.45) is 0. The van der Waals surface area contributed by atoms with Crippen LogP contribution >= 0.6 is 31.9 Å². The first kappa shape index (κ1) is 9.01. The number of hydrogen-bond acceptors (Lipinski definition) is 0. The maximum absolute atomic E-state index is 3.48. The molecule has 0 amide bonds. The first-order valence-electron chi connectivity index (χ1n) is 3.29. The van der Waals surface area contributed by atoms with Gasteiger partial charge >= 0.3 is 0 Å². The van der Waals surface area contributed by atoms with Crippen LogP contribution in [0.15, 0.2) is 34.8 Å². The van der Waals surface area contributed by atoms with Crippen molar-refractivity contribution >= 4 is 36.3 Å². The minimum atomic E-state index is 1.11. The third-order valence-corrected chi connectivity index (χ3v) is 3.31. The van der Waals surface area contributed by atoms with E-state index < -0.39 is 0 Å². The molecule has 0 bridgehead atoms. The molecule has 0 spiro atoms. The Balaban J connectivity index is 3.04. The maximum Gasteiger partial charge on any atom is 0.0346 e. The van der Waals surface area contributed by atoms with Gasteiger partial charge in [0, 0.05) is 8.96 Å². The Hall–Kier alpha value is -0.0800. The first-order chi connectivity index (χ1) is 5.22. The second-order valence-corrected chi connectivity index (χ2v) is 4.20. The van der Waals surface area contributed by atoms with Crippen LogP contribution < -0.4 is 0 Å². The van der Waals surface area contributed by atoms with Gasteiger partial charge in [0.1, 0.15) is 0 Å². The van der Waals surface area contributed by atoms with Crippen molar-refractivity contribution in [2.45, 2.75) is 6.92 Å². The quantitative estimate of drug-likeness (QED) is 0.722. The van der Waals surface area contributed by atoms with Crippen molar-refractivity contribution in [2.75, 3.05) is 0 Å². The van der Waals surface area contributed by atoms with E-state index in [0.29, 0.717) is 0 Å². The second kappa shape index (κ2) is 4.07. The van der Waals surface area contributed by atoms with Crippen molar-refractivity contribution in [3.63, 3.8) is 0 Å². The van der Waals surface area contributed by atoms with Gasteiger partial charge in [-0.2, -0.15) is 0 Å². The lowest BCUT2D eigenvalue weighted by atomic mass is 10.2. The molecule has 0 heterocycles. The molecule has 11 heavy (non-hydrogen) atoms. The van der Waals surface area contributed by atoms with E-state index in [2.05, 4.69) is 44.0 Å². The van der Waals surface area contributed by atoms with Gasteiger partial charge in [0.25, 0.3) is 0 Å². The fraction of sp³-hybridized carbons (Fsp3) is 0.111. The Kier molecular flexibility index (Phi) is 3.34. The summed E-state index contributed by atoms with van der Waals surface area (Å²) in [7, 11) is 0. The maximum atomic E-state index is 3.48. The van der Waals surface area contributed by atoms with E-state index >= 15 is 0 Å². The Morgan fingerprint density at radius 1 is 1.09 bits per heavy atom. The van der Waals surface area contributed by atoms with Crippen molar-refractivity contribution in [2.24, 2.45) is 0 Å². The van der Waals surface area contributed by atoms with Gasteiger partial charge in [-0.1, -0.05) is 46.3 Å². The topological polar surface area (TPSA) is 0 Å². The molecule has 0 aliphatic heterocycles. The van der Waals surface area contributed by atoms with Gasteiger partial charge in [-0.05, 0) is 28.4 Å². The van der Waals surface area contributed by atoms with Crippen molar-refractivity contribution in [1.82, 2.24) is 0 Å². The average Bonchev–Trinajstić information content (AvgIpc) is 2.05. The number of rotatable bonds is 1. The second-order valence-electron chi connectivity index (χ2n) is 2.21. The van der Waals surface area contributed by atoms with Crippen LogP contribution in [-0.4, -0.2) is 0 Å². The zero-order valence-corrected chi connectivity index (χ0v) is 9.31. The Morgan fingerprint density at radius 2 is 1.64 bits per heavy atom. The van der Waals surface area contributed by atoms with Gasteiger partial charge in [0.05, 0.1) is 0 Å². The van der Waals surface area contributed by atoms with Crippen LogP contribution in [0.25, 0.3) is 4.48 Å². The van der Waals surface area contributed by atoms with Gasteiger partial charge in [-0.25, -0.2) is 0 Å².